The second kappa shape index (κ2) is 10.7. The van der Waals surface area contributed by atoms with Crippen LogP contribution in [-0.2, 0) is 5.41 Å². The second-order valence-corrected chi connectivity index (χ2v) is 8.13. The number of rotatable bonds is 7. The predicted octanol–water partition coefficient (Wildman–Crippen LogP) is 3.63. The summed E-state index contributed by atoms with van der Waals surface area (Å²) in [7, 11) is 1.57. The van der Waals surface area contributed by atoms with Crippen molar-refractivity contribution < 1.29 is 9.53 Å². The van der Waals surface area contributed by atoms with Gasteiger partial charge in [-0.2, -0.15) is 5.26 Å². The van der Waals surface area contributed by atoms with Crippen molar-refractivity contribution in [2.45, 2.75) is 44.1 Å². The molecule has 1 amide bonds. The number of nitrogens with one attached hydrogen (secondary N) is 3. The first kappa shape index (κ1) is 23.1. The molecule has 0 aliphatic heterocycles. The molecule has 3 N–H and O–H groups in total. The van der Waals surface area contributed by atoms with Crippen LogP contribution in [0.2, 0.25) is 0 Å². The fourth-order valence-electron chi connectivity index (χ4n) is 4.73. The van der Waals surface area contributed by atoms with E-state index < -0.39 is 0 Å². The normalized spacial score (nSPS) is 20.0. The third kappa shape index (κ3) is 5.02. The minimum absolute atomic E-state index is 0.143. The number of amides is 1. The molecule has 3 rings (SSSR count). The van der Waals surface area contributed by atoms with E-state index in [4.69, 9.17) is 15.4 Å². The van der Waals surface area contributed by atoms with Crippen molar-refractivity contribution in [2.75, 3.05) is 20.2 Å². The van der Waals surface area contributed by atoms with Crippen molar-refractivity contribution in [1.29, 1.82) is 10.7 Å². The maximum Gasteiger partial charge on any atom is 0.255 e. The van der Waals surface area contributed by atoms with Crippen molar-refractivity contribution in [1.82, 2.24) is 15.5 Å². The molecule has 0 atom stereocenters. The number of nitriles is 1. The first-order valence-corrected chi connectivity index (χ1v) is 11.0. The molecule has 0 bridgehead atoms. The van der Waals surface area contributed by atoms with Crippen LogP contribution < -0.4 is 15.4 Å². The Morgan fingerprint density at radius 2 is 1.84 bits per heavy atom. The highest BCUT2D eigenvalue weighted by Crippen LogP contribution is 2.40. The van der Waals surface area contributed by atoms with E-state index in [1.54, 1.807) is 19.2 Å². The summed E-state index contributed by atoms with van der Waals surface area (Å²) in [6, 6.07) is 17.8. The van der Waals surface area contributed by atoms with E-state index in [2.05, 4.69) is 22.8 Å². The van der Waals surface area contributed by atoms with Gasteiger partial charge in [-0.15, -0.1) is 0 Å². The van der Waals surface area contributed by atoms with Crippen molar-refractivity contribution in [3.8, 4) is 11.9 Å². The Morgan fingerprint density at radius 1 is 1.19 bits per heavy atom. The molecule has 0 aromatic heterocycles. The van der Waals surface area contributed by atoms with Crippen LogP contribution in [0.3, 0.4) is 0 Å². The Labute approximate surface area is 189 Å². The van der Waals surface area contributed by atoms with Crippen LogP contribution in [0.1, 0.15) is 48.5 Å². The van der Waals surface area contributed by atoms with E-state index >= 15 is 0 Å². The molecule has 1 aliphatic carbocycles. The molecule has 168 valence electrons. The average Bonchev–Trinajstić information content (AvgIpc) is 2.84. The molecular formula is C25H31N5O2. The number of benzene rings is 2. The number of hydrogen-bond acceptors (Lipinski definition) is 4. The lowest BCUT2D eigenvalue weighted by Gasteiger charge is -2.44. The van der Waals surface area contributed by atoms with E-state index in [1.807, 2.05) is 48.3 Å². The summed E-state index contributed by atoms with van der Waals surface area (Å²) < 4.78 is 5.35. The van der Waals surface area contributed by atoms with E-state index in [0.29, 0.717) is 24.4 Å². The number of guanidine groups is 1. The van der Waals surface area contributed by atoms with E-state index in [-0.39, 0.29) is 23.3 Å². The summed E-state index contributed by atoms with van der Waals surface area (Å²) in [5, 5.41) is 22.6. The highest BCUT2D eigenvalue weighted by atomic mass is 16.5. The zero-order valence-corrected chi connectivity index (χ0v) is 18.7. The zero-order chi connectivity index (χ0) is 23.0. The summed E-state index contributed by atoms with van der Waals surface area (Å²) >= 11 is 0. The molecule has 0 saturated heterocycles. The monoisotopic (exact) mass is 433 g/mol. The second-order valence-electron chi connectivity index (χ2n) is 8.13. The Kier molecular flexibility index (Phi) is 7.72. The summed E-state index contributed by atoms with van der Waals surface area (Å²) in [6.07, 6.45) is 5.36. The van der Waals surface area contributed by atoms with Gasteiger partial charge in [-0.05, 0) is 50.3 Å². The molecule has 0 spiro atoms. The fraction of sp³-hybridized carbons (Fsp3) is 0.400. The first-order chi connectivity index (χ1) is 15.5. The lowest BCUT2D eigenvalue weighted by molar-refractivity contribution is 0.0926. The molecule has 0 unspecified atom stereocenters. The maximum atomic E-state index is 13.0. The van der Waals surface area contributed by atoms with Gasteiger partial charge in [-0.25, -0.2) is 0 Å². The number of hydrogen-bond donors (Lipinski definition) is 3. The first-order valence-electron chi connectivity index (χ1n) is 11.0. The summed E-state index contributed by atoms with van der Waals surface area (Å²) in [5.74, 6) is 0.566. The number of methoxy groups -OCH3 is 1. The SMILES string of the molecule is CCN(C(=N)NC#N)C1CCC(CNC(=O)c2ccccc2OC)(c2ccccc2)CC1. The molecule has 0 radical (unpaired) electrons. The number of ether oxygens (including phenoxy) is 1. The Morgan fingerprint density at radius 3 is 2.47 bits per heavy atom. The Balaban J connectivity index is 1.77. The van der Waals surface area contributed by atoms with Crippen molar-refractivity contribution in [3.63, 3.8) is 0 Å². The highest BCUT2D eigenvalue weighted by molar-refractivity contribution is 5.97. The highest BCUT2D eigenvalue weighted by Gasteiger charge is 2.39. The maximum absolute atomic E-state index is 13.0. The van der Waals surface area contributed by atoms with Crippen molar-refractivity contribution >= 4 is 11.9 Å². The summed E-state index contributed by atoms with van der Waals surface area (Å²) in [6.45, 7) is 3.20. The molecule has 1 saturated carbocycles. The smallest absolute Gasteiger partial charge is 0.255 e. The molecule has 2 aromatic carbocycles. The van der Waals surface area contributed by atoms with E-state index in [9.17, 15) is 4.79 Å². The standard InChI is InChI=1S/C25H31N5O2/c1-3-30(24(27)29-18-26)20-13-15-25(16-14-20,19-9-5-4-6-10-19)17-28-23(31)21-11-7-8-12-22(21)32-2/h4-12,20H,3,13-17H2,1-2H3,(H2,27,29)(H,28,31). The minimum Gasteiger partial charge on any atom is -0.496 e. The molecular weight excluding hydrogens is 402 g/mol. The quantitative estimate of drug-likeness (QED) is 0.268. The Hall–Kier alpha value is -3.53. The number of carbonyl (C=O) groups is 1. The Bertz CT molecular complexity index is 962. The molecule has 7 heteroatoms. The van der Waals surface area contributed by atoms with Gasteiger partial charge in [0.2, 0.25) is 5.96 Å². The lowest BCUT2D eigenvalue weighted by Crippen LogP contribution is -2.50. The van der Waals surface area contributed by atoms with Crippen LogP contribution in [0, 0.1) is 16.9 Å². The van der Waals surface area contributed by atoms with Crippen LogP contribution >= 0.6 is 0 Å². The van der Waals surface area contributed by atoms with E-state index in [0.717, 1.165) is 25.7 Å². The average molecular weight is 434 g/mol. The molecule has 1 aliphatic rings. The molecule has 0 heterocycles. The molecule has 2 aromatic rings. The van der Waals surface area contributed by atoms with Gasteiger partial charge in [0.05, 0.1) is 12.7 Å². The fourth-order valence-corrected chi connectivity index (χ4v) is 4.73. The van der Waals surface area contributed by atoms with Gasteiger partial charge in [-0.1, -0.05) is 42.5 Å². The van der Waals surface area contributed by atoms with Crippen molar-refractivity contribution in [2.24, 2.45) is 0 Å². The topological polar surface area (TPSA) is 101 Å². The number of nitrogens with zero attached hydrogens (tertiary/aromatic N) is 2. The minimum atomic E-state index is -0.181. The zero-order valence-electron chi connectivity index (χ0n) is 18.7. The number of para-hydroxylation sites is 1. The van der Waals surface area contributed by atoms with Crippen molar-refractivity contribution in [3.05, 3.63) is 65.7 Å². The third-order valence-electron chi connectivity index (χ3n) is 6.48. The van der Waals surface area contributed by atoms with E-state index in [1.165, 1.54) is 5.56 Å². The van der Waals surface area contributed by atoms with Gasteiger partial charge in [0, 0.05) is 24.5 Å². The summed E-state index contributed by atoms with van der Waals surface area (Å²) in [4.78, 5) is 14.9. The van der Waals surface area contributed by atoms with Gasteiger partial charge < -0.3 is 15.0 Å². The molecule has 1 fully saturated rings. The van der Waals surface area contributed by atoms with Gasteiger partial charge in [0.1, 0.15) is 5.75 Å². The van der Waals surface area contributed by atoms with Gasteiger partial charge >= 0.3 is 0 Å². The van der Waals surface area contributed by atoms with Crippen LogP contribution in [0.15, 0.2) is 54.6 Å². The largest absolute Gasteiger partial charge is 0.496 e. The summed E-state index contributed by atoms with van der Waals surface area (Å²) in [5.41, 5.74) is 1.56. The van der Waals surface area contributed by atoms with Gasteiger partial charge in [0.25, 0.3) is 5.91 Å². The van der Waals surface area contributed by atoms with Crippen LogP contribution in [0.25, 0.3) is 0 Å². The van der Waals surface area contributed by atoms with Crippen LogP contribution in [0.4, 0.5) is 0 Å². The molecule has 32 heavy (non-hydrogen) atoms. The van der Waals surface area contributed by atoms with Gasteiger partial charge in [-0.3, -0.25) is 15.5 Å². The number of carbonyl (C=O) groups excluding carboxylic acids is 1. The lowest BCUT2D eigenvalue weighted by atomic mass is 9.68. The van der Waals surface area contributed by atoms with Crippen LogP contribution in [0.5, 0.6) is 5.75 Å². The predicted molar refractivity (Wildman–Crippen MR) is 125 cm³/mol. The third-order valence-corrected chi connectivity index (χ3v) is 6.48. The van der Waals surface area contributed by atoms with Gasteiger partial charge in [0.15, 0.2) is 6.19 Å². The van der Waals surface area contributed by atoms with Crippen LogP contribution in [-0.4, -0.2) is 43.0 Å². The molecule has 7 nitrogen and oxygen atoms in total.